The van der Waals surface area contributed by atoms with Crippen LogP contribution in [0, 0.1) is 0 Å². The van der Waals surface area contributed by atoms with Gasteiger partial charge in [0, 0.05) is 38.0 Å². The van der Waals surface area contributed by atoms with E-state index < -0.39 is 0 Å². The molecule has 2 aromatic heterocycles. The fourth-order valence-electron chi connectivity index (χ4n) is 3.22. The van der Waals surface area contributed by atoms with Crippen LogP contribution in [0.4, 0.5) is 10.8 Å². The summed E-state index contributed by atoms with van der Waals surface area (Å²) in [6.07, 6.45) is 3.49. The molecular weight excluding hydrogens is 390 g/mol. The molecule has 1 aliphatic rings. The molecule has 1 N–H and O–H groups in total. The van der Waals surface area contributed by atoms with Crippen LogP contribution < -0.4 is 10.2 Å². The van der Waals surface area contributed by atoms with Gasteiger partial charge in [0.15, 0.2) is 11.0 Å². The number of thiazole rings is 1. The van der Waals surface area contributed by atoms with Crippen LogP contribution in [0.15, 0.2) is 22.7 Å². The van der Waals surface area contributed by atoms with Gasteiger partial charge in [-0.25, -0.2) is 4.98 Å². The number of carbonyl (C=O) groups is 1. The fraction of sp³-hybridized carbons (Fsp3) is 0.500. The number of hydrogen-bond acceptors (Lipinski definition) is 8. The van der Waals surface area contributed by atoms with Crippen molar-refractivity contribution in [3.05, 3.63) is 29.9 Å². The monoisotopic (exact) mass is 415 g/mol. The first-order chi connectivity index (χ1) is 14.2. The highest BCUT2D eigenvalue weighted by Crippen LogP contribution is 2.31. The average Bonchev–Trinajstić information content (AvgIpc) is 3.35. The lowest BCUT2D eigenvalue weighted by atomic mass is 10.2. The summed E-state index contributed by atoms with van der Waals surface area (Å²) in [4.78, 5) is 23.6. The Hall–Kier alpha value is -2.52. The maximum atomic E-state index is 12.3. The quantitative estimate of drug-likeness (QED) is 0.602. The second-order valence-corrected chi connectivity index (χ2v) is 8.04. The number of aromatic nitrogens is 3. The Morgan fingerprint density at radius 1 is 1.24 bits per heavy atom. The molecule has 0 radical (unpaired) electrons. The molecule has 1 saturated heterocycles. The van der Waals surface area contributed by atoms with Crippen LogP contribution in [0.3, 0.4) is 0 Å². The van der Waals surface area contributed by atoms with Gasteiger partial charge in [0.2, 0.25) is 11.8 Å². The van der Waals surface area contributed by atoms with Gasteiger partial charge in [-0.3, -0.25) is 4.79 Å². The zero-order valence-electron chi connectivity index (χ0n) is 16.5. The van der Waals surface area contributed by atoms with Crippen molar-refractivity contribution in [2.45, 2.75) is 39.0 Å². The van der Waals surface area contributed by atoms with E-state index in [-0.39, 0.29) is 5.91 Å². The molecule has 3 aromatic rings. The van der Waals surface area contributed by atoms with E-state index >= 15 is 0 Å². The lowest BCUT2D eigenvalue weighted by Gasteiger charge is -2.25. The van der Waals surface area contributed by atoms with Crippen molar-refractivity contribution in [1.82, 2.24) is 15.1 Å². The van der Waals surface area contributed by atoms with Gasteiger partial charge >= 0.3 is 0 Å². The summed E-state index contributed by atoms with van der Waals surface area (Å²) < 4.78 is 11.7. The maximum Gasteiger partial charge on any atom is 0.226 e. The highest BCUT2D eigenvalue weighted by atomic mass is 32.1. The molecule has 0 saturated carbocycles. The van der Waals surface area contributed by atoms with Crippen LogP contribution in [-0.4, -0.2) is 47.3 Å². The Morgan fingerprint density at radius 3 is 2.93 bits per heavy atom. The number of carbonyl (C=O) groups excluding carboxylic acids is 1. The molecule has 1 aromatic carbocycles. The lowest BCUT2D eigenvalue weighted by molar-refractivity contribution is -0.116. The summed E-state index contributed by atoms with van der Waals surface area (Å²) in [5, 5.41) is 7.92. The number of amides is 1. The molecule has 0 spiro atoms. The van der Waals surface area contributed by atoms with E-state index in [1.165, 1.54) is 0 Å². The molecule has 9 heteroatoms. The van der Waals surface area contributed by atoms with E-state index in [4.69, 9.17) is 14.2 Å². The SMILES string of the molecule is CCCc1noc(CCCC(=O)Nc2ccc3nc(N4CCOCC4)sc3c2)n1. The van der Waals surface area contributed by atoms with Crippen LogP contribution in [-0.2, 0) is 22.4 Å². The van der Waals surface area contributed by atoms with Crippen LogP contribution in [0.1, 0.15) is 37.9 Å². The van der Waals surface area contributed by atoms with E-state index in [9.17, 15) is 4.79 Å². The van der Waals surface area contributed by atoms with Gasteiger partial charge in [0.25, 0.3) is 0 Å². The van der Waals surface area contributed by atoms with Crippen LogP contribution in [0.25, 0.3) is 10.2 Å². The van der Waals surface area contributed by atoms with Gasteiger partial charge in [-0.2, -0.15) is 4.98 Å². The number of rotatable bonds is 8. The summed E-state index contributed by atoms with van der Waals surface area (Å²) in [5.74, 6) is 1.32. The number of benzene rings is 1. The molecule has 1 aliphatic heterocycles. The summed E-state index contributed by atoms with van der Waals surface area (Å²) >= 11 is 1.65. The van der Waals surface area contributed by atoms with Crippen molar-refractivity contribution in [3.8, 4) is 0 Å². The first-order valence-electron chi connectivity index (χ1n) is 10.1. The molecule has 3 heterocycles. The number of fused-ring (bicyclic) bond motifs is 1. The maximum absolute atomic E-state index is 12.3. The number of morpholine rings is 1. The highest BCUT2D eigenvalue weighted by Gasteiger charge is 2.16. The van der Waals surface area contributed by atoms with Crippen LogP contribution in [0.2, 0.25) is 0 Å². The Bertz CT molecular complexity index is 964. The standard InChI is InChI=1S/C20H25N5O3S/c1-2-4-17-23-19(28-24-17)6-3-5-18(26)21-14-7-8-15-16(13-14)29-20(22-15)25-9-11-27-12-10-25/h7-8,13H,2-6,9-12H2,1H3,(H,21,26). The summed E-state index contributed by atoms with van der Waals surface area (Å²) in [6, 6.07) is 5.85. The predicted octanol–water partition coefficient (Wildman–Crippen LogP) is 3.43. The third-order valence-electron chi connectivity index (χ3n) is 4.72. The van der Waals surface area contributed by atoms with Crippen molar-refractivity contribution < 1.29 is 14.1 Å². The first-order valence-corrected chi connectivity index (χ1v) is 10.9. The zero-order chi connectivity index (χ0) is 20.1. The third kappa shape index (κ3) is 5.10. The molecule has 0 bridgehead atoms. The second-order valence-electron chi connectivity index (χ2n) is 7.03. The fourth-order valence-corrected chi connectivity index (χ4v) is 4.28. The number of nitrogens with zero attached hydrogens (tertiary/aromatic N) is 4. The van der Waals surface area contributed by atoms with E-state index in [0.717, 1.165) is 66.0 Å². The Morgan fingerprint density at radius 2 is 2.10 bits per heavy atom. The largest absolute Gasteiger partial charge is 0.378 e. The number of ether oxygens (including phenoxy) is 1. The number of anilines is 2. The molecule has 154 valence electrons. The van der Waals surface area contributed by atoms with E-state index in [0.29, 0.717) is 25.2 Å². The van der Waals surface area contributed by atoms with Crippen LogP contribution >= 0.6 is 11.3 Å². The summed E-state index contributed by atoms with van der Waals surface area (Å²) in [6.45, 7) is 5.28. The molecule has 0 atom stereocenters. The van der Waals surface area contributed by atoms with Gasteiger partial charge in [0.05, 0.1) is 23.4 Å². The smallest absolute Gasteiger partial charge is 0.226 e. The van der Waals surface area contributed by atoms with E-state index in [1.807, 2.05) is 18.2 Å². The van der Waals surface area contributed by atoms with Crippen molar-refractivity contribution >= 4 is 38.3 Å². The van der Waals surface area contributed by atoms with Crippen LogP contribution in [0.5, 0.6) is 0 Å². The second kappa shape index (κ2) is 9.32. The summed E-state index contributed by atoms with van der Waals surface area (Å²) in [7, 11) is 0. The van der Waals surface area contributed by atoms with Crippen molar-refractivity contribution in [2.24, 2.45) is 0 Å². The predicted molar refractivity (Wildman–Crippen MR) is 113 cm³/mol. The van der Waals surface area contributed by atoms with Crippen molar-refractivity contribution in [3.63, 3.8) is 0 Å². The molecule has 0 aliphatic carbocycles. The average molecular weight is 416 g/mol. The van der Waals surface area contributed by atoms with Crippen molar-refractivity contribution in [2.75, 3.05) is 36.5 Å². The molecule has 8 nitrogen and oxygen atoms in total. The first kappa shape index (κ1) is 19.8. The minimum absolute atomic E-state index is 0.0180. The Kier molecular flexibility index (Phi) is 6.36. The van der Waals surface area contributed by atoms with E-state index in [1.54, 1.807) is 11.3 Å². The molecule has 1 amide bonds. The lowest BCUT2D eigenvalue weighted by Crippen LogP contribution is -2.36. The number of aryl methyl sites for hydroxylation is 2. The Balaban J connectivity index is 1.30. The normalized spacial score (nSPS) is 14.4. The Labute approximate surface area is 173 Å². The summed E-state index contributed by atoms with van der Waals surface area (Å²) in [5.41, 5.74) is 1.75. The third-order valence-corrected chi connectivity index (χ3v) is 5.80. The number of nitrogens with one attached hydrogen (secondary N) is 1. The molecular formula is C20H25N5O3S. The molecule has 1 fully saturated rings. The molecule has 0 unspecified atom stereocenters. The minimum atomic E-state index is -0.0180. The minimum Gasteiger partial charge on any atom is -0.378 e. The van der Waals surface area contributed by atoms with Gasteiger partial charge in [-0.05, 0) is 31.0 Å². The van der Waals surface area contributed by atoms with Gasteiger partial charge < -0.3 is 19.5 Å². The molecule has 4 rings (SSSR count). The topological polar surface area (TPSA) is 93.4 Å². The van der Waals surface area contributed by atoms with E-state index in [2.05, 4.69) is 27.3 Å². The number of hydrogen-bond donors (Lipinski definition) is 1. The zero-order valence-corrected chi connectivity index (χ0v) is 17.3. The van der Waals surface area contributed by atoms with Gasteiger partial charge in [-0.15, -0.1) is 0 Å². The highest BCUT2D eigenvalue weighted by molar-refractivity contribution is 7.22. The van der Waals surface area contributed by atoms with Gasteiger partial charge in [0.1, 0.15) is 0 Å². The van der Waals surface area contributed by atoms with Crippen molar-refractivity contribution in [1.29, 1.82) is 0 Å². The molecule has 29 heavy (non-hydrogen) atoms. The van der Waals surface area contributed by atoms with Gasteiger partial charge in [-0.1, -0.05) is 23.4 Å².